The Hall–Kier alpha value is -1.37. The van der Waals surface area contributed by atoms with E-state index in [-0.39, 0.29) is 17.5 Å². The lowest BCUT2D eigenvalue weighted by Crippen LogP contribution is -2.27. The third-order valence-electron chi connectivity index (χ3n) is 3.72. The standard InChI is InChI=1S/C15H26N4O2S/c1-4-7-19(8-5-2)15-10-14(16-12(3)17-15)18-13-6-9-22(20,21)11-13/h10,13H,4-9,11H2,1-3H3,(H,16,17,18). The van der Waals surface area contributed by atoms with E-state index in [1.54, 1.807) is 0 Å². The third-order valence-corrected chi connectivity index (χ3v) is 5.49. The van der Waals surface area contributed by atoms with Crippen LogP contribution in [0.4, 0.5) is 11.6 Å². The van der Waals surface area contributed by atoms with Crippen LogP contribution in [0.2, 0.25) is 0 Å². The zero-order chi connectivity index (χ0) is 16.2. The monoisotopic (exact) mass is 326 g/mol. The van der Waals surface area contributed by atoms with Gasteiger partial charge >= 0.3 is 0 Å². The number of aromatic nitrogens is 2. The highest BCUT2D eigenvalue weighted by molar-refractivity contribution is 7.91. The average Bonchev–Trinajstić information content (AvgIpc) is 2.77. The zero-order valence-electron chi connectivity index (χ0n) is 13.7. The molecule has 1 aliphatic rings. The number of nitrogens with zero attached hydrogens (tertiary/aromatic N) is 3. The maximum atomic E-state index is 11.6. The van der Waals surface area contributed by atoms with Crippen LogP contribution in [0.15, 0.2) is 6.07 Å². The summed E-state index contributed by atoms with van der Waals surface area (Å²) in [6.45, 7) is 8.09. The van der Waals surface area contributed by atoms with Crippen molar-refractivity contribution in [2.24, 2.45) is 0 Å². The molecule has 0 amide bonds. The summed E-state index contributed by atoms with van der Waals surface area (Å²) in [4.78, 5) is 11.2. The Morgan fingerprint density at radius 1 is 1.27 bits per heavy atom. The molecule has 124 valence electrons. The summed E-state index contributed by atoms with van der Waals surface area (Å²) in [6.07, 6.45) is 2.77. The fourth-order valence-electron chi connectivity index (χ4n) is 2.79. The molecule has 0 radical (unpaired) electrons. The SMILES string of the molecule is CCCN(CCC)c1cc(NC2CCS(=O)(=O)C2)nc(C)n1. The summed E-state index contributed by atoms with van der Waals surface area (Å²) in [5.41, 5.74) is 0. The summed E-state index contributed by atoms with van der Waals surface area (Å²) in [6, 6.07) is 1.89. The molecular formula is C15H26N4O2S. The van der Waals surface area contributed by atoms with Crippen molar-refractivity contribution < 1.29 is 8.42 Å². The molecule has 6 nitrogen and oxygen atoms in total. The molecule has 22 heavy (non-hydrogen) atoms. The van der Waals surface area contributed by atoms with Crippen molar-refractivity contribution in [2.45, 2.75) is 46.1 Å². The molecule has 1 atom stereocenters. The van der Waals surface area contributed by atoms with E-state index < -0.39 is 9.84 Å². The first-order valence-corrected chi connectivity index (χ1v) is 9.83. The van der Waals surface area contributed by atoms with Crippen LogP contribution in [0, 0.1) is 6.92 Å². The minimum absolute atomic E-state index is 0.0436. The first-order chi connectivity index (χ1) is 10.4. The fourth-order valence-corrected chi connectivity index (χ4v) is 4.46. The van der Waals surface area contributed by atoms with Crippen molar-refractivity contribution in [1.29, 1.82) is 0 Å². The highest BCUT2D eigenvalue weighted by atomic mass is 32.2. The number of sulfone groups is 1. The smallest absolute Gasteiger partial charge is 0.152 e. The number of hydrogen-bond acceptors (Lipinski definition) is 6. The largest absolute Gasteiger partial charge is 0.366 e. The van der Waals surface area contributed by atoms with Crippen molar-refractivity contribution in [3.8, 4) is 0 Å². The molecule has 0 spiro atoms. The van der Waals surface area contributed by atoms with Gasteiger partial charge in [-0.3, -0.25) is 0 Å². The van der Waals surface area contributed by atoms with E-state index in [4.69, 9.17) is 0 Å². The van der Waals surface area contributed by atoms with E-state index >= 15 is 0 Å². The summed E-state index contributed by atoms with van der Waals surface area (Å²) in [5, 5.41) is 3.26. The van der Waals surface area contributed by atoms with E-state index in [1.165, 1.54) is 0 Å². The number of hydrogen-bond donors (Lipinski definition) is 1. The lowest BCUT2D eigenvalue weighted by Gasteiger charge is -2.23. The fraction of sp³-hybridized carbons (Fsp3) is 0.733. The van der Waals surface area contributed by atoms with Gasteiger partial charge in [0.1, 0.15) is 17.5 Å². The first-order valence-electron chi connectivity index (χ1n) is 8.01. The highest BCUT2D eigenvalue weighted by Gasteiger charge is 2.28. The Bertz CT molecular complexity index is 598. The van der Waals surface area contributed by atoms with Crippen LogP contribution < -0.4 is 10.2 Å². The highest BCUT2D eigenvalue weighted by Crippen LogP contribution is 2.20. The molecule has 1 unspecified atom stereocenters. The quantitative estimate of drug-likeness (QED) is 0.826. The Balaban J connectivity index is 2.15. The number of rotatable bonds is 7. The molecule has 1 aromatic heterocycles. The molecule has 1 N–H and O–H groups in total. The average molecular weight is 326 g/mol. The molecule has 0 aromatic carbocycles. The van der Waals surface area contributed by atoms with Gasteiger partial charge in [-0.25, -0.2) is 18.4 Å². The van der Waals surface area contributed by atoms with Crippen molar-refractivity contribution >= 4 is 21.5 Å². The van der Waals surface area contributed by atoms with Crippen LogP contribution in [0.5, 0.6) is 0 Å². The summed E-state index contributed by atoms with van der Waals surface area (Å²) in [7, 11) is -2.89. The second-order valence-corrected chi connectivity index (χ2v) is 8.12. The van der Waals surface area contributed by atoms with Crippen LogP contribution >= 0.6 is 0 Å². The Kier molecular flexibility index (Phi) is 5.61. The van der Waals surface area contributed by atoms with E-state index in [0.29, 0.717) is 12.2 Å². The molecule has 1 saturated heterocycles. The molecule has 0 bridgehead atoms. The number of aryl methyl sites for hydroxylation is 1. The van der Waals surface area contributed by atoms with Gasteiger partial charge in [0, 0.05) is 25.2 Å². The first kappa shape index (κ1) is 17.0. The Morgan fingerprint density at radius 2 is 1.95 bits per heavy atom. The van der Waals surface area contributed by atoms with Gasteiger partial charge < -0.3 is 10.2 Å². The van der Waals surface area contributed by atoms with Gasteiger partial charge in [0.25, 0.3) is 0 Å². The maximum Gasteiger partial charge on any atom is 0.152 e. The lowest BCUT2D eigenvalue weighted by molar-refractivity contribution is 0.602. The topological polar surface area (TPSA) is 75.2 Å². The predicted molar refractivity (Wildman–Crippen MR) is 90.2 cm³/mol. The predicted octanol–water partition coefficient (Wildman–Crippen LogP) is 2.01. The van der Waals surface area contributed by atoms with Crippen LogP contribution in [-0.4, -0.2) is 49.0 Å². The van der Waals surface area contributed by atoms with Gasteiger partial charge in [0.15, 0.2) is 9.84 Å². The second-order valence-electron chi connectivity index (χ2n) is 5.89. The molecule has 1 aromatic rings. The van der Waals surface area contributed by atoms with Crippen LogP contribution in [0.3, 0.4) is 0 Å². The minimum Gasteiger partial charge on any atom is -0.366 e. The molecule has 0 saturated carbocycles. The third kappa shape index (κ3) is 4.56. The van der Waals surface area contributed by atoms with Crippen molar-refractivity contribution in [2.75, 3.05) is 34.8 Å². The van der Waals surface area contributed by atoms with Gasteiger partial charge in [-0.15, -0.1) is 0 Å². The van der Waals surface area contributed by atoms with E-state index in [1.807, 2.05) is 13.0 Å². The van der Waals surface area contributed by atoms with E-state index in [2.05, 4.69) is 34.0 Å². The molecule has 2 rings (SSSR count). The Morgan fingerprint density at radius 3 is 2.50 bits per heavy atom. The second kappa shape index (κ2) is 7.26. The van der Waals surface area contributed by atoms with Crippen molar-refractivity contribution in [1.82, 2.24) is 9.97 Å². The van der Waals surface area contributed by atoms with Crippen molar-refractivity contribution in [3.63, 3.8) is 0 Å². The van der Waals surface area contributed by atoms with Gasteiger partial charge in [-0.1, -0.05) is 13.8 Å². The summed E-state index contributed by atoms with van der Waals surface area (Å²) >= 11 is 0. The van der Waals surface area contributed by atoms with E-state index in [9.17, 15) is 8.42 Å². The van der Waals surface area contributed by atoms with Crippen LogP contribution in [-0.2, 0) is 9.84 Å². The summed E-state index contributed by atoms with van der Waals surface area (Å²) in [5.74, 6) is 2.80. The maximum absolute atomic E-state index is 11.6. The molecule has 2 heterocycles. The molecule has 7 heteroatoms. The summed E-state index contributed by atoms with van der Waals surface area (Å²) < 4.78 is 23.1. The normalized spacial score (nSPS) is 20.0. The molecule has 0 aliphatic carbocycles. The number of nitrogens with one attached hydrogen (secondary N) is 1. The molecule has 1 fully saturated rings. The van der Waals surface area contributed by atoms with Gasteiger partial charge in [0.2, 0.25) is 0 Å². The zero-order valence-corrected chi connectivity index (χ0v) is 14.5. The Labute approximate surface area is 133 Å². The van der Waals surface area contributed by atoms with Crippen LogP contribution in [0.25, 0.3) is 0 Å². The lowest BCUT2D eigenvalue weighted by atomic mass is 10.2. The minimum atomic E-state index is -2.89. The van der Waals surface area contributed by atoms with E-state index in [0.717, 1.165) is 37.6 Å². The molecule has 1 aliphatic heterocycles. The number of anilines is 2. The van der Waals surface area contributed by atoms with Crippen LogP contribution in [0.1, 0.15) is 38.9 Å². The molecular weight excluding hydrogens is 300 g/mol. The van der Waals surface area contributed by atoms with Gasteiger partial charge in [-0.05, 0) is 26.2 Å². The van der Waals surface area contributed by atoms with Crippen molar-refractivity contribution in [3.05, 3.63) is 11.9 Å². The van der Waals surface area contributed by atoms with Gasteiger partial charge in [-0.2, -0.15) is 0 Å². The van der Waals surface area contributed by atoms with Gasteiger partial charge in [0.05, 0.1) is 11.5 Å².